The van der Waals surface area contributed by atoms with Gasteiger partial charge >= 0.3 is 0 Å². The molecule has 1 amide bonds. The third-order valence-electron chi connectivity index (χ3n) is 5.03. The Hall–Kier alpha value is -2.08. The second-order valence-corrected chi connectivity index (χ2v) is 8.50. The molecule has 1 aliphatic rings. The number of hydrogen-bond donors (Lipinski definition) is 0. The van der Waals surface area contributed by atoms with Crippen molar-refractivity contribution < 1.29 is 23.4 Å². The zero-order valence-corrected chi connectivity index (χ0v) is 18.0. The fraction of sp³-hybridized carbons (Fsp3) is 0.476. The van der Waals surface area contributed by atoms with E-state index in [1.54, 1.807) is 15.7 Å². The van der Waals surface area contributed by atoms with Gasteiger partial charge in [0.25, 0.3) is 0 Å². The number of amides is 1. The number of hydrogen-bond acceptors (Lipinski definition) is 5. The summed E-state index contributed by atoms with van der Waals surface area (Å²) in [4.78, 5) is 37.9. The molecule has 156 valence electrons. The molecule has 0 spiro atoms. The second kappa shape index (κ2) is 9.61. The molecule has 0 radical (unpaired) electrons. The maximum Gasteiger partial charge on any atom is 0.243 e. The van der Waals surface area contributed by atoms with E-state index in [0.29, 0.717) is 31.7 Å². The predicted octanol–water partition coefficient (Wildman–Crippen LogP) is 3.04. The molecule has 0 saturated carbocycles. The van der Waals surface area contributed by atoms with E-state index in [2.05, 4.69) is 0 Å². The summed E-state index contributed by atoms with van der Waals surface area (Å²) in [5.41, 5.74) is 1.36. The van der Waals surface area contributed by atoms with Crippen LogP contribution in [0.5, 0.6) is 0 Å². The van der Waals surface area contributed by atoms with E-state index in [-0.39, 0.29) is 24.3 Å². The van der Waals surface area contributed by atoms with E-state index in [1.165, 1.54) is 6.92 Å². The Morgan fingerprint density at radius 3 is 2.59 bits per heavy atom. The zero-order valence-electron chi connectivity index (χ0n) is 17.1. The number of benzene rings is 1. The quantitative estimate of drug-likeness (QED) is 0.355. The van der Waals surface area contributed by atoms with Gasteiger partial charge in [0, 0.05) is 29.0 Å². The molecule has 8 heteroatoms. The molecule has 0 bridgehead atoms. The summed E-state index contributed by atoms with van der Waals surface area (Å²) < 4.78 is 13.3. The summed E-state index contributed by atoms with van der Waals surface area (Å²) in [5.74, 6) is -0.174. The number of likely N-dealkylation sites (tertiary alicyclic amines) is 1. The lowest BCUT2D eigenvalue weighted by Crippen LogP contribution is -2.38. The molecule has 1 unspecified atom stereocenters. The van der Waals surface area contributed by atoms with Crippen molar-refractivity contribution in [3.8, 4) is 0 Å². The van der Waals surface area contributed by atoms with E-state index in [1.807, 2.05) is 32.0 Å². The summed E-state index contributed by atoms with van der Waals surface area (Å²) in [6, 6.07) is 5.39. The third kappa shape index (κ3) is 4.58. The summed E-state index contributed by atoms with van der Waals surface area (Å²) in [5, 5.41) is 1.69. The largest absolute Gasteiger partial charge is 0.337 e. The molecular formula is C21H27N2O5P. The van der Waals surface area contributed by atoms with Gasteiger partial charge in [0.2, 0.25) is 14.3 Å². The Kier molecular flexibility index (Phi) is 7.17. The van der Waals surface area contributed by atoms with Crippen molar-refractivity contribution in [1.29, 1.82) is 0 Å². The molecule has 1 aromatic carbocycles. The van der Waals surface area contributed by atoms with Gasteiger partial charge in [-0.3, -0.25) is 9.59 Å². The maximum absolute atomic E-state index is 12.8. The number of rotatable bonds is 9. The normalized spacial score (nSPS) is 16.7. The molecule has 1 aliphatic heterocycles. The Bertz CT molecular complexity index is 904. The molecule has 7 nitrogen and oxygen atoms in total. The minimum atomic E-state index is -1.23. The summed E-state index contributed by atoms with van der Waals surface area (Å²) >= 11 is 0. The van der Waals surface area contributed by atoms with E-state index in [0.717, 1.165) is 28.9 Å². The summed E-state index contributed by atoms with van der Waals surface area (Å²) in [6.07, 6.45) is 4.11. The maximum atomic E-state index is 12.8. The Labute approximate surface area is 171 Å². The lowest BCUT2D eigenvalue weighted by atomic mass is 10.1. The van der Waals surface area contributed by atoms with Crippen LogP contribution in [0.1, 0.15) is 44.0 Å². The van der Waals surface area contributed by atoms with Crippen molar-refractivity contribution in [2.75, 3.05) is 19.8 Å². The number of nitrogens with zero attached hydrogens (tertiary/aromatic N) is 2. The highest BCUT2D eigenvalue weighted by Crippen LogP contribution is 2.38. The highest BCUT2D eigenvalue weighted by Gasteiger charge is 2.29. The number of Topliss-reactive ketones (excluding diaryl/α,β-unsaturated/α-hetero) is 1. The van der Waals surface area contributed by atoms with Crippen molar-refractivity contribution in [3.05, 3.63) is 30.0 Å². The molecule has 1 saturated heterocycles. The first kappa shape index (κ1) is 21.6. The Morgan fingerprint density at radius 2 is 1.97 bits per heavy atom. The summed E-state index contributed by atoms with van der Waals surface area (Å²) in [7, 11) is -1.23. The van der Waals surface area contributed by atoms with Gasteiger partial charge in [-0.05, 0) is 45.7 Å². The van der Waals surface area contributed by atoms with Crippen LogP contribution in [0.3, 0.4) is 0 Å². The van der Waals surface area contributed by atoms with Crippen molar-refractivity contribution >= 4 is 42.6 Å². The molecule has 1 fully saturated rings. The number of aromatic nitrogens is 1. The average Bonchev–Trinajstić information content (AvgIpc) is 3.32. The highest BCUT2D eigenvalue weighted by atomic mass is 31.2. The van der Waals surface area contributed by atoms with Crippen LogP contribution >= 0.6 is 8.38 Å². The topological polar surface area (TPSA) is 77.8 Å². The van der Waals surface area contributed by atoms with Crippen molar-refractivity contribution in [1.82, 2.24) is 9.47 Å². The van der Waals surface area contributed by atoms with Gasteiger partial charge in [-0.15, -0.1) is 0 Å². The zero-order chi connectivity index (χ0) is 21.0. The Balaban J connectivity index is 1.98. The molecular weight excluding hydrogens is 391 g/mol. The lowest BCUT2D eigenvalue weighted by molar-refractivity contribution is -0.135. The average molecular weight is 418 g/mol. The first-order valence-electron chi connectivity index (χ1n) is 9.94. The first-order valence-corrected chi connectivity index (χ1v) is 11.1. The van der Waals surface area contributed by atoms with Crippen LogP contribution in [-0.2, 0) is 25.2 Å². The smallest absolute Gasteiger partial charge is 0.243 e. The monoisotopic (exact) mass is 418 g/mol. The first-order chi connectivity index (χ1) is 14.0. The van der Waals surface area contributed by atoms with E-state index < -0.39 is 8.38 Å². The van der Waals surface area contributed by atoms with Gasteiger partial charge in [-0.1, -0.05) is 6.07 Å². The van der Waals surface area contributed by atoms with Crippen molar-refractivity contribution in [3.63, 3.8) is 0 Å². The molecule has 2 aromatic rings. The summed E-state index contributed by atoms with van der Waals surface area (Å²) in [6.45, 7) is 7.09. The minimum Gasteiger partial charge on any atom is -0.337 e. The van der Waals surface area contributed by atoms with Crippen molar-refractivity contribution in [2.45, 2.75) is 46.2 Å². The molecule has 0 N–H and O–H groups in total. The third-order valence-corrected chi connectivity index (χ3v) is 6.72. The van der Waals surface area contributed by atoms with Gasteiger partial charge in [0.15, 0.2) is 5.78 Å². The van der Waals surface area contributed by atoms with E-state index in [4.69, 9.17) is 9.05 Å². The van der Waals surface area contributed by atoms with Crippen LogP contribution in [0.15, 0.2) is 24.4 Å². The van der Waals surface area contributed by atoms with Gasteiger partial charge in [0.05, 0.1) is 24.8 Å². The SMILES string of the molecule is CCOP(OCC)c1ccc2c(C(C)=O)cn(CC(=O)N3CCCC3C=O)c2c1. The van der Waals surface area contributed by atoms with Gasteiger partial charge in [-0.25, -0.2) is 0 Å². The molecule has 2 heterocycles. The number of carbonyl (C=O) groups excluding carboxylic acids is 3. The molecule has 3 rings (SSSR count). The highest BCUT2D eigenvalue weighted by molar-refractivity contribution is 7.56. The fourth-order valence-electron chi connectivity index (χ4n) is 3.71. The minimum absolute atomic E-state index is 0.0576. The van der Waals surface area contributed by atoms with Crippen LogP contribution in [0, 0.1) is 0 Å². The van der Waals surface area contributed by atoms with Crippen LogP contribution in [0.2, 0.25) is 0 Å². The molecule has 1 aromatic heterocycles. The van der Waals surface area contributed by atoms with Crippen LogP contribution in [0.4, 0.5) is 0 Å². The van der Waals surface area contributed by atoms with Gasteiger partial charge in [-0.2, -0.15) is 0 Å². The van der Waals surface area contributed by atoms with E-state index in [9.17, 15) is 14.4 Å². The van der Waals surface area contributed by atoms with Gasteiger partial charge in [0.1, 0.15) is 12.8 Å². The standard InChI is InChI=1S/C21H27N2O5P/c1-4-27-29(28-5-2)17-8-9-18-19(15(3)25)12-22(20(18)11-17)13-21(26)23-10-6-7-16(23)14-24/h8-9,11-12,14,16H,4-7,10,13H2,1-3H3. The van der Waals surface area contributed by atoms with Crippen molar-refractivity contribution in [2.24, 2.45) is 0 Å². The van der Waals surface area contributed by atoms with Crippen LogP contribution in [0.25, 0.3) is 10.9 Å². The molecule has 1 atom stereocenters. The number of aldehydes is 1. The van der Waals surface area contributed by atoms with Crippen LogP contribution in [-0.4, -0.2) is 53.2 Å². The molecule has 0 aliphatic carbocycles. The number of fused-ring (bicyclic) bond motifs is 1. The Morgan fingerprint density at radius 1 is 1.24 bits per heavy atom. The van der Waals surface area contributed by atoms with Gasteiger partial charge < -0.3 is 23.3 Å². The van der Waals surface area contributed by atoms with E-state index >= 15 is 0 Å². The van der Waals surface area contributed by atoms with Crippen LogP contribution < -0.4 is 5.30 Å². The molecule has 29 heavy (non-hydrogen) atoms. The number of carbonyl (C=O) groups is 3. The predicted molar refractivity (Wildman–Crippen MR) is 113 cm³/mol. The fourth-order valence-corrected chi connectivity index (χ4v) is 4.97. The second-order valence-electron chi connectivity index (χ2n) is 6.95. The number of ketones is 1. The lowest BCUT2D eigenvalue weighted by Gasteiger charge is -2.21.